The number of hydrogen-bond acceptors (Lipinski definition) is 5. The molecule has 204 valence electrons. The first-order chi connectivity index (χ1) is 18.2. The van der Waals surface area contributed by atoms with Crippen molar-refractivity contribution in [2.45, 2.75) is 45.4 Å². The van der Waals surface area contributed by atoms with Crippen molar-refractivity contribution in [2.75, 3.05) is 27.1 Å². The topological polar surface area (TPSA) is 57.2 Å². The molecule has 5 nitrogen and oxygen atoms in total. The molecule has 2 atom stereocenters. The van der Waals surface area contributed by atoms with Crippen LogP contribution in [0, 0.1) is 5.92 Å². The minimum atomic E-state index is -2.74. The van der Waals surface area contributed by atoms with Crippen molar-refractivity contribution in [3.05, 3.63) is 103 Å². The summed E-state index contributed by atoms with van der Waals surface area (Å²) in [7, 11) is -1.09. The summed E-state index contributed by atoms with van der Waals surface area (Å²) in [6.07, 6.45) is -0.755. The largest absolute Gasteiger partial charge is 0.497 e. The normalized spacial score (nSPS) is 13.6. The summed E-state index contributed by atoms with van der Waals surface area (Å²) in [5, 5.41) is 13.3. The van der Waals surface area contributed by atoms with Gasteiger partial charge in [0.2, 0.25) is 0 Å². The number of hydrogen-bond donors (Lipinski definition) is 1. The molecule has 0 aliphatic rings. The highest BCUT2D eigenvalue weighted by atomic mass is 28.4. The molecule has 3 rings (SSSR count). The molecule has 0 spiro atoms. The Hall–Kier alpha value is -2.74. The van der Waals surface area contributed by atoms with E-state index in [0.29, 0.717) is 18.8 Å². The third-order valence-corrected chi connectivity index (χ3v) is 11.8. The van der Waals surface area contributed by atoms with Crippen molar-refractivity contribution < 1.29 is 23.7 Å². The third-order valence-electron chi connectivity index (χ3n) is 6.81. The number of aliphatic hydroxyl groups is 1. The molecule has 0 radical (unpaired) electrons. The standard InChI is InChI=1S/C32H42O5Si/c1-25(2)31(33)27(22-36-24-35-21-26-17-19-28(34-6)20-18-26)23-37-38(32(3,4)5,29-13-9-7-10-14-29)30-15-11-8-12-16-30/h7-20,27,31,33H,1,21-24H2,2-6H3/t27-,31+/m1/s1. The average molecular weight is 535 g/mol. The number of rotatable bonds is 14. The van der Waals surface area contributed by atoms with Gasteiger partial charge in [0.15, 0.2) is 0 Å². The lowest BCUT2D eigenvalue weighted by Gasteiger charge is -2.44. The average Bonchev–Trinajstić information content (AvgIpc) is 2.92. The highest BCUT2D eigenvalue weighted by Crippen LogP contribution is 2.37. The van der Waals surface area contributed by atoms with Gasteiger partial charge in [0.1, 0.15) is 12.5 Å². The predicted molar refractivity (Wildman–Crippen MR) is 156 cm³/mol. The summed E-state index contributed by atoms with van der Waals surface area (Å²) >= 11 is 0. The van der Waals surface area contributed by atoms with Crippen LogP contribution in [0.25, 0.3) is 0 Å². The molecule has 0 unspecified atom stereocenters. The highest BCUT2D eigenvalue weighted by Gasteiger charge is 2.50. The summed E-state index contributed by atoms with van der Waals surface area (Å²) in [6, 6.07) is 28.7. The second kappa shape index (κ2) is 13.9. The van der Waals surface area contributed by atoms with E-state index in [1.165, 1.54) is 10.4 Å². The summed E-state index contributed by atoms with van der Waals surface area (Å²) in [4.78, 5) is 0. The minimum Gasteiger partial charge on any atom is -0.497 e. The van der Waals surface area contributed by atoms with Crippen molar-refractivity contribution in [2.24, 2.45) is 5.92 Å². The van der Waals surface area contributed by atoms with E-state index in [-0.39, 0.29) is 24.4 Å². The molecule has 3 aromatic carbocycles. The molecular weight excluding hydrogens is 492 g/mol. The molecule has 0 saturated heterocycles. The summed E-state index contributed by atoms with van der Waals surface area (Å²) in [6.45, 7) is 13.7. The fourth-order valence-corrected chi connectivity index (χ4v) is 9.39. The molecule has 0 bridgehead atoms. The van der Waals surface area contributed by atoms with Crippen LogP contribution in [0.5, 0.6) is 5.75 Å². The molecule has 0 amide bonds. The first-order valence-electron chi connectivity index (χ1n) is 13.1. The number of methoxy groups -OCH3 is 1. The maximum atomic E-state index is 11.0. The molecule has 0 aromatic heterocycles. The summed E-state index contributed by atoms with van der Waals surface area (Å²) in [5.41, 5.74) is 1.71. The van der Waals surface area contributed by atoms with Crippen LogP contribution in [-0.2, 0) is 20.5 Å². The summed E-state index contributed by atoms with van der Waals surface area (Å²) < 4.78 is 23.9. The van der Waals surface area contributed by atoms with Crippen molar-refractivity contribution in [3.8, 4) is 5.75 Å². The molecule has 0 aliphatic carbocycles. The minimum absolute atomic E-state index is 0.116. The van der Waals surface area contributed by atoms with E-state index in [9.17, 15) is 5.11 Å². The van der Waals surface area contributed by atoms with Gasteiger partial charge < -0.3 is 23.7 Å². The van der Waals surface area contributed by atoms with E-state index < -0.39 is 14.4 Å². The Morgan fingerprint density at radius 1 is 0.842 bits per heavy atom. The van der Waals surface area contributed by atoms with Crippen LogP contribution < -0.4 is 15.1 Å². The van der Waals surface area contributed by atoms with Gasteiger partial charge in [-0.15, -0.1) is 0 Å². The number of ether oxygens (including phenoxy) is 3. The Balaban J connectivity index is 1.74. The molecule has 1 N–H and O–H groups in total. The first kappa shape index (κ1) is 29.8. The molecule has 0 fully saturated rings. The van der Waals surface area contributed by atoms with E-state index in [2.05, 4.69) is 75.9 Å². The predicted octanol–water partition coefficient (Wildman–Crippen LogP) is 5.32. The lowest BCUT2D eigenvalue weighted by Crippen LogP contribution is -2.67. The zero-order valence-electron chi connectivity index (χ0n) is 23.4. The van der Waals surface area contributed by atoms with E-state index >= 15 is 0 Å². The van der Waals surface area contributed by atoms with Gasteiger partial charge >= 0.3 is 0 Å². The van der Waals surface area contributed by atoms with Crippen LogP contribution in [0.3, 0.4) is 0 Å². The van der Waals surface area contributed by atoms with Gasteiger partial charge in [-0.2, -0.15) is 0 Å². The Morgan fingerprint density at radius 2 is 1.39 bits per heavy atom. The molecule has 0 heterocycles. The quantitative estimate of drug-likeness (QED) is 0.131. The fourth-order valence-electron chi connectivity index (χ4n) is 4.77. The zero-order chi connectivity index (χ0) is 27.6. The molecule has 0 aliphatic heterocycles. The van der Waals surface area contributed by atoms with Crippen molar-refractivity contribution in [3.63, 3.8) is 0 Å². The third kappa shape index (κ3) is 7.43. The second-order valence-corrected chi connectivity index (χ2v) is 15.0. The molecule has 0 saturated carbocycles. The van der Waals surface area contributed by atoms with Crippen molar-refractivity contribution in [1.29, 1.82) is 0 Å². The lowest BCUT2D eigenvalue weighted by atomic mass is 9.99. The molecular formula is C32H42O5Si. The van der Waals surface area contributed by atoms with E-state index in [4.69, 9.17) is 18.6 Å². The second-order valence-electron chi connectivity index (χ2n) is 10.7. The molecule has 38 heavy (non-hydrogen) atoms. The van der Waals surface area contributed by atoms with E-state index in [1.54, 1.807) is 7.11 Å². The van der Waals surface area contributed by atoms with Gasteiger partial charge in [0, 0.05) is 12.5 Å². The number of benzene rings is 3. The van der Waals surface area contributed by atoms with Gasteiger partial charge in [-0.25, -0.2) is 0 Å². The fraction of sp³-hybridized carbons (Fsp3) is 0.375. The molecule has 6 heteroatoms. The van der Waals surface area contributed by atoms with Gasteiger partial charge in [0.25, 0.3) is 8.32 Å². The van der Waals surface area contributed by atoms with Crippen LogP contribution in [0.15, 0.2) is 97.1 Å². The van der Waals surface area contributed by atoms with E-state index in [1.807, 2.05) is 43.3 Å². The van der Waals surface area contributed by atoms with E-state index in [0.717, 1.165) is 11.3 Å². The van der Waals surface area contributed by atoms with Crippen LogP contribution >= 0.6 is 0 Å². The van der Waals surface area contributed by atoms with Crippen LogP contribution in [-0.4, -0.2) is 46.6 Å². The molecule has 3 aromatic rings. The van der Waals surface area contributed by atoms with Gasteiger partial charge in [-0.1, -0.05) is 106 Å². The zero-order valence-corrected chi connectivity index (χ0v) is 24.4. The number of aliphatic hydroxyl groups excluding tert-OH is 1. The van der Waals surface area contributed by atoms with Crippen molar-refractivity contribution in [1.82, 2.24) is 0 Å². The van der Waals surface area contributed by atoms with Crippen LogP contribution in [0.2, 0.25) is 5.04 Å². The summed E-state index contributed by atoms with van der Waals surface area (Å²) in [5.74, 6) is 0.515. The Bertz CT molecular complexity index is 1070. The Kier molecular flexibility index (Phi) is 10.9. The van der Waals surface area contributed by atoms with Gasteiger partial charge in [0.05, 0.1) is 26.4 Å². The Labute approximate surface area is 229 Å². The Morgan fingerprint density at radius 3 is 1.87 bits per heavy atom. The monoisotopic (exact) mass is 534 g/mol. The lowest BCUT2D eigenvalue weighted by molar-refractivity contribution is -0.0858. The van der Waals surface area contributed by atoms with Crippen LogP contribution in [0.1, 0.15) is 33.3 Å². The SMILES string of the molecule is C=C(C)[C@H](O)[C@H](COCOCc1ccc(OC)cc1)CO[Si](c1ccccc1)(c1ccccc1)C(C)(C)C. The smallest absolute Gasteiger partial charge is 0.261 e. The maximum Gasteiger partial charge on any atom is 0.261 e. The first-order valence-corrected chi connectivity index (χ1v) is 15.0. The van der Waals surface area contributed by atoms with Gasteiger partial charge in [-0.3, -0.25) is 0 Å². The maximum absolute atomic E-state index is 11.0. The highest BCUT2D eigenvalue weighted by molar-refractivity contribution is 6.99. The van der Waals surface area contributed by atoms with Crippen LogP contribution in [0.4, 0.5) is 0 Å². The van der Waals surface area contributed by atoms with Gasteiger partial charge in [-0.05, 0) is 40.0 Å². The van der Waals surface area contributed by atoms with Crippen molar-refractivity contribution >= 4 is 18.7 Å².